The van der Waals surface area contributed by atoms with Crippen LogP contribution >= 0.6 is 11.6 Å². The maximum atomic E-state index is 12.2. The van der Waals surface area contributed by atoms with Gasteiger partial charge in [-0.3, -0.25) is 4.79 Å². The van der Waals surface area contributed by atoms with E-state index in [0.29, 0.717) is 11.5 Å². The normalized spacial score (nSPS) is 14.9. The Morgan fingerprint density at radius 2 is 1.96 bits per heavy atom. The molecule has 1 aromatic heterocycles. The lowest BCUT2D eigenvalue weighted by atomic mass is 9.95. The second-order valence-electron chi connectivity index (χ2n) is 6.42. The molecule has 1 aliphatic carbocycles. The molecule has 0 spiro atoms. The number of anilines is 1. The summed E-state index contributed by atoms with van der Waals surface area (Å²) in [6.07, 6.45) is 6.59. The highest BCUT2D eigenvalue weighted by Gasteiger charge is 2.17. The zero-order valence-electron chi connectivity index (χ0n) is 14.2. The van der Waals surface area contributed by atoms with Gasteiger partial charge in [-0.2, -0.15) is 0 Å². The zero-order valence-corrected chi connectivity index (χ0v) is 14.9. The minimum absolute atomic E-state index is 0.134. The molecule has 1 aliphatic rings. The maximum Gasteiger partial charge on any atom is 0.272 e. The summed E-state index contributed by atoms with van der Waals surface area (Å²) in [7, 11) is 0. The summed E-state index contributed by atoms with van der Waals surface area (Å²) in [5, 5.41) is 15.1. The first kappa shape index (κ1) is 17.7. The van der Waals surface area contributed by atoms with E-state index in [0.717, 1.165) is 36.4 Å². The van der Waals surface area contributed by atoms with Crippen LogP contribution < -0.4 is 10.6 Å². The molecule has 0 bridgehead atoms. The average molecular weight is 359 g/mol. The highest BCUT2D eigenvalue weighted by Crippen LogP contribution is 2.17. The van der Waals surface area contributed by atoms with Crippen molar-refractivity contribution in [3.63, 3.8) is 0 Å². The molecule has 0 radical (unpaired) electrons. The van der Waals surface area contributed by atoms with Crippen LogP contribution in [0, 0.1) is 0 Å². The van der Waals surface area contributed by atoms with E-state index in [4.69, 9.17) is 11.6 Å². The summed E-state index contributed by atoms with van der Waals surface area (Å²) in [5.74, 6) is 0.529. The van der Waals surface area contributed by atoms with Crippen molar-refractivity contribution in [1.82, 2.24) is 15.5 Å². The van der Waals surface area contributed by atoms with Gasteiger partial charge in [-0.1, -0.05) is 43.0 Å². The molecule has 25 heavy (non-hydrogen) atoms. The van der Waals surface area contributed by atoms with Crippen LogP contribution in [0.4, 0.5) is 5.82 Å². The zero-order chi connectivity index (χ0) is 17.5. The molecule has 6 heteroatoms. The number of rotatable bonds is 6. The molecule has 2 N–H and O–H groups in total. The second kappa shape index (κ2) is 8.81. The molecule has 3 rings (SSSR count). The second-order valence-corrected chi connectivity index (χ2v) is 6.86. The summed E-state index contributed by atoms with van der Waals surface area (Å²) in [5.41, 5.74) is 1.53. The number of hydrogen-bond donors (Lipinski definition) is 2. The molecule has 1 fully saturated rings. The number of carbonyl (C=O) groups is 1. The van der Waals surface area contributed by atoms with Gasteiger partial charge in [-0.05, 0) is 49.1 Å². The van der Waals surface area contributed by atoms with Gasteiger partial charge in [0.05, 0.1) is 0 Å². The first-order valence-corrected chi connectivity index (χ1v) is 9.21. The van der Waals surface area contributed by atoms with Crippen molar-refractivity contribution in [3.8, 4) is 0 Å². The largest absolute Gasteiger partial charge is 0.368 e. The van der Waals surface area contributed by atoms with Crippen molar-refractivity contribution in [2.75, 3.05) is 11.9 Å². The van der Waals surface area contributed by atoms with Crippen LogP contribution in [0.2, 0.25) is 5.02 Å². The Kier molecular flexibility index (Phi) is 6.23. The van der Waals surface area contributed by atoms with Crippen molar-refractivity contribution >= 4 is 23.3 Å². The van der Waals surface area contributed by atoms with Gasteiger partial charge in [0.1, 0.15) is 5.82 Å². The van der Waals surface area contributed by atoms with Gasteiger partial charge in [-0.25, -0.2) is 0 Å². The van der Waals surface area contributed by atoms with Crippen molar-refractivity contribution in [3.05, 3.63) is 52.7 Å². The molecule has 1 amide bonds. The SMILES string of the molecule is O=C(NC1CCCCC1)c1ccc(NCCc2cccc(Cl)c2)nn1. The van der Waals surface area contributed by atoms with E-state index < -0.39 is 0 Å². The fourth-order valence-electron chi connectivity index (χ4n) is 3.08. The number of nitrogens with one attached hydrogen (secondary N) is 2. The fraction of sp³-hybridized carbons (Fsp3) is 0.421. The number of carbonyl (C=O) groups excluding carboxylic acids is 1. The number of halogens is 1. The molecule has 0 saturated heterocycles. The van der Waals surface area contributed by atoms with E-state index >= 15 is 0 Å². The molecule has 5 nitrogen and oxygen atoms in total. The predicted molar refractivity (Wildman–Crippen MR) is 100 cm³/mol. The van der Waals surface area contributed by atoms with Gasteiger partial charge in [-0.15, -0.1) is 10.2 Å². The Hall–Kier alpha value is -2.14. The van der Waals surface area contributed by atoms with Crippen LogP contribution in [0.25, 0.3) is 0 Å². The van der Waals surface area contributed by atoms with E-state index in [9.17, 15) is 4.79 Å². The van der Waals surface area contributed by atoms with Crippen molar-refractivity contribution in [2.24, 2.45) is 0 Å². The Balaban J connectivity index is 1.47. The highest BCUT2D eigenvalue weighted by molar-refractivity contribution is 6.30. The van der Waals surface area contributed by atoms with Gasteiger partial charge in [0.2, 0.25) is 0 Å². The van der Waals surface area contributed by atoms with Gasteiger partial charge in [0, 0.05) is 17.6 Å². The van der Waals surface area contributed by atoms with E-state index in [1.165, 1.54) is 19.3 Å². The van der Waals surface area contributed by atoms with E-state index in [1.54, 1.807) is 12.1 Å². The maximum absolute atomic E-state index is 12.2. The summed E-state index contributed by atoms with van der Waals surface area (Å²) < 4.78 is 0. The van der Waals surface area contributed by atoms with Crippen molar-refractivity contribution < 1.29 is 4.79 Å². The lowest BCUT2D eigenvalue weighted by Gasteiger charge is -2.22. The highest BCUT2D eigenvalue weighted by atomic mass is 35.5. The molecule has 2 aromatic rings. The van der Waals surface area contributed by atoms with Crippen LogP contribution in [0.1, 0.15) is 48.2 Å². The molecule has 0 unspecified atom stereocenters. The molecule has 0 atom stereocenters. The molecule has 1 heterocycles. The third-order valence-electron chi connectivity index (χ3n) is 4.45. The Bertz CT molecular complexity index is 699. The van der Waals surface area contributed by atoms with Gasteiger partial charge < -0.3 is 10.6 Å². The minimum Gasteiger partial charge on any atom is -0.368 e. The standard InChI is InChI=1S/C19H23ClN4O/c20-15-6-4-5-14(13-15)11-12-21-18-10-9-17(23-24-18)19(25)22-16-7-2-1-3-8-16/h4-6,9-10,13,16H,1-3,7-8,11-12H2,(H,21,24)(H,22,25). The number of aromatic nitrogens is 2. The molecular weight excluding hydrogens is 336 g/mol. The Morgan fingerprint density at radius 1 is 1.12 bits per heavy atom. The smallest absolute Gasteiger partial charge is 0.272 e. The topological polar surface area (TPSA) is 66.9 Å². The number of amides is 1. The number of hydrogen-bond acceptors (Lipinski definition) is 4. The lowest BCUT2D eigenvalue weighted by Crippen LogP contribution is -2.36. The van der Waals surface area contributed by atoms with E-state index in [1.807, 2.05) is 24.3 Å². The average Bonchev–Trinajstić information content (AvgIpc) is 2.63. The third-order valence-corrected chi connectivity index (χ3v) is 4.68. The number of benzene rings is 1. The van der Waals surface area contributed by atoms with Crippen LogP contribution in [0.3, 0.4) is 0 Å². The summed E-state index contributed by atoms with van der Waals surface area (Å²) in [6.45, 7) is 0.725. The van der Waals surface area contributed by atoms with Crippen molar-refractivity contribution in [2.45, 2.75) is 44.6 Å². The van der Waals surface area contributed by atoms with Crippen LogP contribution in [-0.4, -0.2) is 28.7 Å². The first-order chi connectivity index (χ1) is 12.2. The monoisotopic (exact) mass is 358 g/mol. The summed E-state index contributed by atoms with van der Waals surface area (Å²) in [4.78, 5) is 12.2. The van der Waals surface area contributed by atoms with E-state index in [2.05, 4.69) is 20.8 Å². The fourth-order valence-corrected chi connectivity index (χ4v) is 3.29. The quantitative estimate of drug-likeness (QED) is 0.823. The third kappa shape index (κ3) is 5.43. The summed E-state index contributed by atoms with van der Waals surface area (Å²) >= 11 is 5.98. The van der Waals surface area contributed by atoms with Crippen LogP contribution in [-0.2, 0) is 6.42 Å². The lowest BCUT2D eigenvalue weighted by molar-refractivity contribution is 0.0921. The Labute approximate surface area is 153 Å². The van der Waals surface area contributed by atoms with Gasteiger partial charge >= 0.3 is 0 Å². The first-order valence-electron chi connectivity index (χ1n) is 8.83. The molecule has 1 aromatic carbocycles. The van der Waals surface area contributed by atoms with Crippen molar-refractivity contribution in [1.29, 1.82) is 0 Å². The van der Waals surface area contributed by atoms with Gasteiger partial charge in [0.25, 0.3) is 5.91 Å². The molecule has 132 valence electrons. The van der Waals surface area contributed by atoms with Gasteiger partial charge in [0.15, 0.2) is 5.69 Å². The summed E-state index contributed by atoms with van der Waals surface area (Å²) in [6, 6.07) is 11.6. The molecular formula is C19H23ClN4O. The Morgan fingerprint density at radius 3 is 2.68 bits per heavy atom. The minimum atomic E-state index is -0.134. The predicted octanol–water partition coefficient (Wildman–Crippen LogP) is 3.85. The van der Waals surface area contributed by atoms with E-state index in [-0.39, 0.29) is 11.9 Å². The molecule has 0 aliphatic heterocycles. The van der Waals surface area contributed by atoms with Crippen LogP contribution in [0.15, 0.2) is 36.4 Å². The van der Waals surface area contributed by atoms with Crippen LogP contribution in [0.5, 0.6) is 0 Å². The number of nitrogens with zero attached hydrogens (tertiary/aromatic N) is 2. The molecule has 1 saturated carbocycles.